The maximum atomic E-state index is 9.07. The van der Waals surface area contributed by atoms with Crippen LogP contribution in [0.25, 0.3) is 0 Å². The van der Waals surface area contributed by atoms with Crippen LogP contribution in [-0.4, -0.2) is 67.3 Å². The molecule has 0 aliphatic heterocycles. The SMILES string of the molecule is CC(O)COCC(C)OC(C)OC(C)COCC(C)O. The van der Waals surface area contributed by atoms with Crippen molar-refractivity contribution in [3.8, 4) is 0 Å². The second-order valence-electron chi connectivity index (χ2n) is 5.23. The number of hydrogen-bond acceptors (Lipinski definition) is 6. The third kappa shape index (κ3) is 12.8. The molecule has 0 aliphatic rings. The van der Waals surface area contributed by atoms with Crippen molar-refractivity contribution in [2.75, 3.05) is 26.4 Å². The summed E-state index contributed by atoms with van der Waals surface area (Å²) in [6.07, 6.45) is -1.54. The van der Waals surface area contributed by atoms with E-state index in [9.17, 15) is 0 Å². The highest BCUT2D eigenvalue weighted by molar-refractivity contribution is 4.53. The normalized spacial score (nSPS) is 19.4. The summed E-state index contributed by atoms with van der Waals surface area (Å²) in [5.74, 6) is 0. The average molecular weight is 294 g/mol. The van der Waals surface area contributed by atoms with Crippen LogP contribution in [-0.2, 0) is 18.9 Å². The smallest absolute Gasteiger partial charge is 0.155 e. The van der Waals surface area contributed by atoms with Gasteiger partial charge in [-0.2, -0.15) is 0 Å². The molecule has 6 nitrogen and oxygen atoms in total. The van der Waals surface area contributed by atoms with E-state index in [4.69, 9.17) is 29.2 Å². The summed E-state index contributed by atoms with van der Waals surface area (Å²) < 4.78 is 21.7. The molecular formula is C14H30O6. The summed E-state index contributed by atoms with van der Waals surface area (Å²) in [5, 5.41) is 18.1. The number of aliphatic hydroxyl groups is 2. The molecule has 0 spiro atoms. The van der Waals surface area contributed by atoms with Gasteiger partial charge in [-0.05, 0) is 34.6 Å². The molecule has 0 aromatic carbocycles. The van der Waals surface area contributed by atoms with E-state index in [-0.39, 0.29) is 18.5 Å². The molecule has 4 atom stereocenters. The molecule has 0 aromatic heterocycles. The number of aliphatic hydroxyl groups excluding tert-OH is 2. The quantitative estimate of drug-likeness (QED) is 0.522. The van der Waals surface area contributed by atoms with Gasteiger partial charge in [-0.15, -0.1) is 0 Å². The Morgan fingerprint density at radius 1 is 0.650 bits per heavy atom. The zero-order valence-electron chi connectivity index (χ0n) is 13.2. The fourth-order valence-electron chi connectivity index (χ4n) is 1.57. The molecule has 2 N–H and O–H groups in total. The lowest BCUT2D eigenvalue weighted by atomic mass is 10.4. The Morgan fingerprint density at radius 2 is 1.00 bits per heavy atom. The van der Waals surface area contributed by atoms with E-state index >= 15 is 0 Å². The summed E-state index contributed by atoms with van der Waals surface area (Å²) in [5.41, 5.74) is 0. The lowest BCUT2D eigenvalue weighted by Gasteiger charge is -2.23. The Hall–Kier alpha value is -0.240. The summed E-state index contributed by atoms with van der Waals surface area (Å²) in [6, 6.07) is 0. The highest BCUT2D eigenvalue weighted by Gasteiger charge is 2.13. The standard InChI is InChI=1S/C14H30O6/c1-10(15)6-17-8-12(3)19-14(5)20-13(4)9-18-7-11(2)16/h10-16H,6-9H2,1-5H3. The summed E-state index contributed by atoms with van der Waals surface area (Å²) >= 11 is 0. The van der Waals surface area contributed by atoms with E-state index in [1.807, 2.05) is 20.8 Å². The maximum absolute atomic E-state index is 9.07. The van der Waals surface area contributed by atoms with Crippen molar-refractivity contribution in [3.63, 3.8) is 0 Å². The van der Waals surface area contributed by atoms with Gasteiger partial charge in [0.25, 0.3) is 0 Å². The van der Waals surface area contributed by atoms with Gasteiger partial charge >= 0.3 is 0 Å². The highest BCUT2D eigenvalue weighted by atomic mass is 16.7. The third-order valence-electron chi connectivity index (χ3n) is 2.27. The minimum atomic E-state index is -0.470. The Morgan fingerprint density at radius 3 is 1.30 bits per heavy atom. The molecule has 0 aliphatic carbocycles. The van der Waals surface area contributed by atoms with Crippen molar-refractivity contribution >= 4 is 0 Å². The van der Waals surface area contributed by atoms with Crippen LogP contribution in [0, 0.1) is 0 Å². The van der Waals surface area contributed by atoms with Crippen LogP contribution < -0.4 is 0 Å². The lowest BCUT2D eigenvalue weighted by Crippen LogP contribution is -2.29. The molecule has 0 amide bonds. The zero-order chi connectivity index (χ0) is 15.5. The van der Waals surface area contributed by atoms with Crippen LogP contribution in [0.15, 0.2) is 0 Å². The van der Waals surface area contributed by atoms with Gasteiger partial charge in [0, 0.05) is 0 Å². The van der Waals surface area contributed by atoms with Crippen LogP contribution in [0.1, 0.15) is 34.6 Å². The molecule has 0 radical (unpaired) electrons. The second-order valence-corrected chi connectivity index (χ2v) is 5.23. The van der Waals surface area contributed by atoms with Crippen molar-refractivity contribution in [1.82, 2.24) is 0 Å². The molecule has 20 heavy (non-hydrogen) atoms. The van der Waals surface area contributed by atoms with Gasteiger partial charge in [0.1, 0.15) is 0 Å². The minimum absolute atomic E-state index is 0.116. The molecule has 0 aromatic rings. The van der Waals surface area contributed by atoms with Gasteiger partial charge in [0.2, 0.25) is 0 Å². The topological polar surface area (TPSA) is 77.4 Å². The fourth-order valence-corrected chi connectivity index (χ4v) is 1.57. The van der Waals surface area contributed by atoms with Gasteiger partial charge in [0.15, 0.2) is 6.29 Å². The van der Waals surface area contributed by atoms with Gasteiger partial charge in [-0.25, -0.2) is 0 Å². The van der Waals surface area contributed by atoms with Gasteiger partial charge < -0.3 is 29.2 Å². The zero-order valence-corrected chi connectivity index (χ0v) is 13.2. The Balaban J connectivity index is 3.66. The van der Waals surface area contributed by atoms with E-state index in [0.29, 0.717) is 26.4 Å². The summed E-state index contributed by atoms with van der Waals surface area (Å²) in [6.45, 7) is 10.3. The van der Waals surface area contributed by atoms with Crippen molar-refractivity contribution in [1.29, 1.82) is 0 Å². The molecular weight excluding hydrogens is 264 g/mol. The molecule has 0 fully saturated rings. The van der Waals surface area contributed by atoms with Gasteiger partial charge in [-0.1, -0.05) is 0 Å². The van der Waals surface area contributed by atoms with Crippen LogP contribution in [0.5, 0.6) is 0 Å². The van der Waals surface area contributed by atoms with E-state index < -0.39 is 12.2 Å². The third-order valence-corrected chi connectivity index (χ3v) is 2.27. The van der Waals surface area contributed by atoms with Crippen molar-refractivity contribution in [3.05, 3.63) is 0 Å². The van der Waals surface area contributed by atoms with Crippen LogP contribution >= 0.6 is 0 Å². The largest absolute Gasteiger partial charge is 0.391 e. The number of ether oxygens (including phenoxy) is 4. The van der Waals surface area contributed by atoms with E-state index in [1.165, 1.54) is 0 Å². The molecule has 0 rings (SSSR count). The molecule has 0 heterocycles. The average Bonchev–Trinajstić information content (AvgIpc) is 2.26. The van der Waals surface area contributed by atoms with Crippen LogP contribution in [0.4, 0.5) is 0 Å². The van der Waals surface area contributed by atoms with Gasteiger partial charge in [-0.3, -0.25) is 0 Å². The first-order valence-corrected chi connectivity index (χ1v) is 7.13. The van der Waals surface area contributed by atoms with E-state index in [0.717, 1.165) is 0 Å². The van der Waals surface area contributed by atoms with E-state index in [2.05, 4.69) is 0 Å². The predicted molar refractivity (Wildman–Crippen MR) is 75.6 cm³/mol. The monoisotopic (exact) mass is 294 g/mol. The fraction of sp³-hybridized carbons (Fsp3) is 1.00. The maximum Gasteiger partial charge on any atom is 0.155 e. The first-order chi connectivity index (χ1) is 9.31. The molecule has 0 saturated carbocycles. The van der Waals surface area contributed by atoms with Crippen LogP contribution in [0.3, 0.4) is 0 Å². The van der Waals surface area contributed by atoms with Crippen molar-refractivity contribution < 1.29 is 29.2 Å². The Kier molecular flexibility index (Phi) is 11.3. The van der Waals surface area contributed by atoms with Gasteiger partial charge in [0.05, 0.1) is 50.8 Å². The second kappa shape index (κ2) is 11.4. The van der Waals surface area contributed by atoms with E-state index in [1.54, 1.807) is 13.8 Å². The molecule has 122 valence electrons. The highest BCUT2D eigenvalue weighted by Crippen LogP contribution is 2.05. The predicted octanol–water partition coefficient (Wildman–Crippen LogP) is 0.937. The van der Waals surface area contributed by atoms with Crippen molar-refractivity contribution in [2.24, 2.45) is 0 Å². The molecule has 4 unspecified atom stereocenters. The number of hydrogen-bond donors (Lipinski definition) is 2. The molecule has 6 heteroatoms. The first kappa shape index (κ1) is 19.8. The minimum Gasteiger partial charge on any atom is -0.391 e. The van der Waals surface area contributed by atoms with Crippen LogP contribution in [0.2, 0.25) is 0 Å². The van der Waals surface area contributed by atoms with Crippen molar-refractivity contribution in [2.45, 2.75) is 65.3 Å². The first-order valence-electron chi connectivity index (χ1n) is 7.13. The summed E-state index contributed by atoms with van der Waals surface area (Å²) in [4.78, 5) is 0. The number of rotatable bonds is 12. The molecule has 0 bridgehead atoms. The Labute approximate surface area is 122 Å². The molecule has 0 saturated heterocycles. The summed E-state index contributed by atoms with van der Waals surface area (Å²) in [7, 11) is 0. The lowest BCUT2D eigenvalue weighted by molar-refractivity contribution is -0.197. The Bertz CT molecular complexity index is 200.